The van der Waals surface area contributed by atoms with Gasteiger partial charge < -0.3 is 9.88 Å². The largest absolute Gasteiger partial charge is 0.451 e. The van der Waals surface area contributed by atoms with E-state index in [0.717, 1.165) is 28.6 Å². The molecule has 0 saturated carbocycles. The number of aromatic amines is 1. The Kier molecular flexibility index (Phi) is 6.41. The van der Waals surface area contributed by atoms with Gasteiger partial charge in [0.25, 0.3) is 0 Å². The number of fused-ring (bicyclic) bond motifs is 3. The van der Waals surface area contributed by atoms with Gasteiger partial charge in [0, 0.05) is 47.6 Å². The monoisotopic (exact) mass is 513 g/mol. The van der Waals surface area contributed by atoms with Gasteiger partial charge in [-0.15, -0.1) is 0 Å². The molecule has 1 aliphatic rings. The zero-order valence-electron chi connectivity index (χ0n) is 20.3. The topological polar surface area (TPSA) is 57.7 Å². The van der Waals surface area contributed by atoms with E-state index < -0.39 is 12.0 Å². The van der Waals surface area contributed by atoms with Crippen LogP contribution in [-0.4, -0.2) is 34.0 Å². The van der Waals surface area contributed by atoms with Crippen LogP contribution >= 0.6 is 11.6 Å². The number of rotatable bonds is 3. The minimum Gasteiger partial charge on any atom is -0.358 e. The molecule has 0 radical (unpaired) electrons. The van der Waals surface area contributed by atoms with E-state index in [1.54, 1.807) is 14.1 Å². The second-order valence-electron chi connectivity index (χ2n) is 9.69. The molecule has 2 atom stereocenters. The van der Waals surface area contributed by atoms with E-state index >= 15 is 0 Å². The second kappa shape index (κ2) is 9.39. The average Bonchev–Trinajstić information content (AvgIpc) is 3.16. The third-order valence-corrected chi connectivity index (χ3v) is 7.17. The van der Waals surface area contributed by atoms with Crippen LogP contribution in [0.15, 0.2) is 42.5 Å². The summed E-state index contributed by atoms with van der Waals surface area (Å²) >= 11 is 6.34. The highest BCUT2D eigenvalue weighted by molar-refractivity contribution is 6.31. The summed E-state index contributed by atoms with van der Waals surface area (Å²) in [7, 11) is 3.26. The number of aromatic nitrogens is 4. The molecule has 2 aromatic carbocycles. The fourth-order valence-corrected chi connectivity index (χ4v) is 5.24. The van der Waals surface area contributed by atoms with Gasteiger partial charge in [0.1, 0.15) is 5.82 Å². The number of H-pyrrole nitrogens is 1. The van der Waals surface area contributed by atoms with Crippen molar-refractivity contribution in [3.63, 3.8) is 0 Å². The Morgan fingerprint density at radius 3 is 2.42 bits per heavy atom. The molecular weight excluding hydrogens is 487 g/mol. The van der Waals surface area contributed by atoms with Crippen LogP contribution in [0.4, 0.5) is 19.1 Å². The van der Waals surface area contributed by atoms with Crippen molar-refractivity contribution in [1.29, 1.82) is 0 Å². The fourth-order valence-electron chi connectivity index (χ4n) is 5.06. The first-order valence-corrected chi connectivity index (χ1v) is 12.3. The third kappa shape index (κ3) is 4.78. The molecule has 36 heavy (non-hydrogen) atoms. The molecule has 2 aromatic heterocycles. The predicted molar refractivity (Wildman–Crippen MR) is 136 cm³/mol. The third-order valence-electron chi connectivity index (χ3n) is 6.94. The Bertz CT molecular complexity index is 1400. The highest BCUT2D eigenvalue weighted by Crippen LogP contribution is 2.42. The molecule has 1 N–H and O–H groups in total. The van der Waals surface area contributed by atoms with Gasteiger partial charge in [-0.2, -0.15) is 23.1 Å². The van der Waals surface area contributed by atoms with Crippen molar-refractivity contribution in [3.8, 4) is 0 Å². The molecule has 0 fully saturated rings. The number of benzene rings is 2. The minimum atomic E-state index is -4.64. The van der Waals surface area contributed by atoms with E-state index in [4.69, 9.17) is 11.6 Å². The normalized spacial score (nSPS) is 18.5. The van der Waals surface area contributed by atoms with Crippen molar-refractivity contribution in [2.24, 2.45) is 0 Å². The second-order valence-corrected chi connectivity index (χ2v) is 10.1. The molecule has 4 aromatic rings. The lowest BCUT2D eigenvalue weighted by Crippen LogP contribution is -2.22. The Labute approximate surface area is 212 Å². The number of hydrogen-bond acceptors (Lipinski definition) is 4. The van der Waals surface area contributed by atoms with Crippen LogP contribution in [0.1, 0.15) is 65.1 Å². The van der Waals surface area contributed by atoms with E-state index in [-0.39, 0.29) is 23.6 Å². The van der Waals surface area contributed by atoms with Crippen molar-refractivity contribution >= 4 is 28.5 Å². The van der Waals surface area contributed by atoms with E-state index in [1.807, 2.05) is 18.2 Å². The van der Waals surface area contributed by atoms with Crippen molar-refractivity contribution in [3.05, 3.63) is 81.5 Å². The zero-order chi connectivity index (χ0) is 25.6. The summed E-state index contributed by atoms with van der Waals surface area (Å²) in [6.07, 6.45) is -1.95. The van der Waals surface area contributed by atoms with Crippen LogP contribution in [-0.2, 0) is 12.6 Å². The van der Waals surface area contributed by atoms with E-state index in [9.17, 15) is 13.2 Å². The Morgan fingerprint density at radius 2 is 1.72 bits per heavy atom. The lowest BCUT2D eigenvalue weighted by atomic mass is 9.80. The summed E-state index contributed by atoms with van der Waals surface area (Å²) < 4.78 is 40.9. The molecule has 2 heterocycles. The van der Waals surface area contributed by atoms with Crippen LogP contribution in [0.2, 0.25) is 5.02 Å². The number of hydrogen-bond donors (Lipinski definition) is 1. The number of nitrogens with one attached hydrogen (secondary N) is 1. The summed E-state index contributed by atoms with van der Waals surface area (Å²) in [5.41, 5.74) is 5.65. The maximum Gasteiger partial charge on any atom is 0.451 e. The molecule has 1 aliphatic carbocycles. The standard InChI is InChI=1S/C27H27ClF3N5/c1-15-4-6-16(7-5-15)19-11-8-17(24-33-25(27(29,30)31)35-26(34-24)36(2)3)9-12-20-21-14-18(28)10-13-22(21)32-23(19)20/h4-7,10,13-14,17,19,32H,8-9,11-12H2,1-3H3/t17?,19-/m0/s1. The summed E-state index contributed by atoms with van der Waals surface area (Å²) in [5, 5.41) is 1.70. The first-order valence-electron chi connectivity index (χ1n) is 12.0. The van der Waals surface area contributed by atoms with Crippen molar-refractivity contribution in [2.75, 3.05) is 19.0 Å². The number of alkyl halides is 3. The first-order chi connectivity index (χ1) is 17.1. The summed E-state index contributed by atoms with van der Waals surface area (Å²) in [6.45, 7) is 2.05. The predicted octanol–water partition coefficient (Wildman–Crippen LogP) is 7.04. The van der Waals surface area contributed by atoms with E-state index in [1.165, 1.54) is 16.0 Å². The Balaban J connectivity index is 1.61. The molecular formula is C27H27ClF3N5. The minimum absolute atomic E-state index is 0.0176. The van der Waals surface area contributed by atoms with E-state index in [0.29, 0.717) is 24.3 Å². The molecule has 1 unspecified atom stereocenters. The lowest BCUT2D eigenvalue weighted by Gasteiger charge is -2.26. The van der Waals surface area contributed by atoms with Crippen LogP contribution in [0, 0.1) is 6.92 Å². The number of anilines is 1. The maximum atomic E-state index is 13.6. The van der Waals surface area contributed by atoms with Gasteiger partial charge in [0.15, 0.2) is 0 Å². The molecule has 0 spiro atoms. The number of aryl methyl sites for hydroxylation is 2. The van der Waals surface area contributed by atoms with Gasteiger partial charge in [-0.25, -0.2) is 4.98 Å². The molecule has 5 rings (SSSR count). The van der Waals surface area contributed by atoms with Crippen LogP contribution < -0.4 is 4.90 Å². The molecule has 0 aliphatic heterocycles. The average molecular weight is 514 g/mol. The van der Waals surface area contributed by atoms with Crippen LogP contribution in [0.3, 0.4) is 0 Å². The summed E-state index contributed by atoms with van der Waals surface area (Å²) in [5.74, 6) is -1.10. The number of halogens is 4. The molecule has 0 bridgehead atoms. The van der Waals surface area contributed by atoms with Gasteiger partial charge in [-0.05, 0) is 61.9 Å². The Hall–Kier alpha value is -3.13. The van der Waals surface area contributed by atoms with Crippen molar-refractivity contribution < 1.29 is 13.2 Å². The molecule has 188 valence electrons. The fraction of sp³-hybridized carbons (Fsp3) is 0.370. The van der Waals surface area contributed by atoms with Gasteiger partial charge in [0.05, 0.1) is 0 Å². The maximum absolute atomic E-state index is 13.6. The number of nitrogens with zero attached hydrogens (tertiary/aromatic N) is 4. The van der Waals surface area contributed by atoms with Gasteiger partial charge >= 0.3 is 6.18 Å². The molecule has 9 heteroatoms. The quantitative estimate of drug-likeness (QED) is 0.319. The highest BCUT2D eigenvalue weighted by atomic mass is 35.5. The van der Waals surface area contributed by atoms with Crippen LogP contribution in [0.25, 0.3) is 10.9 Å². The van der Waals surface area contributed by atoms with Gasteiger partial charge in [-0.1, -0.05) is 41.4 Å². The van der Waals surface area contributed by atoms with Crippen molar-refractivity contribution in [2.45, 2.75) is 50.6 Å². The first kappa shape index (κ1) is 24.6. The van der Waals surface area contributed by atoms with Crippen LogP contribution in [0.5, 0.6) is 0 Å². The summed E-state index contributed by atoms with van der Waals surface area (Å²) in [4.78, 5) is 17.1. The van der Waals surface area contributed by atoms with Gasteiger partial charge in [-0.3, -0.25) is 0 Å². The zero-order valence-corrected chi connectivity index (χ0v) is 21.1. The molecule has 0 amide bonds. The van der Waals surface area contributed by atoms with Crippen molar-refractivity contribution in [1.82, 2.24) is 19.9 Å². The van der Waals surface area contributed by atoms with E-state index in [2.05, 4.69) is 51.1 Å². The molecule has 5 nitrogen and oxygen atoms in total. The highest BCUT2D eigenvalue weighted by Gasteiger charge is 2.37. The lowest BCUT2D eigenvalue weighted by molar-refractivity contribution is -0.145. The Morgan fingerprint density at radius 1 is 0.972 bits per heavy atom. The SMILES string of the molecule is Cc1ccc([C@@H]2CCC(c3nc(N(C)C)nc(C(F)(F)F)n3)CCc3c2[nH]c2ccc(Cl)cc32)cc1. The smallest absolute Gasteiger partial charge is 0.358 e. The molecule has 0 saturated heterocycles. The summed E-state index contributed by atoms with van der Waals surface area (Å²) in [6, 6.07) is 14.3. The van der Waals surface area contributed by atoms with Gasteiger partial charge in [0.2, 0.25) is 11.8 Å².